The van der Waals surface area contributed by atoms with Gasteiger partial charge in [-0.15, -0.1) is 0 Å². The summed E-state index contributed by atoms with van der Waals surface area (Å²) in [6.45, 7) is 0.535. The van der Waals surface area contributed by atoms with Crippen molar-refractivity contribution in [3.05, 3.63) is 69.7 Å². The second-order valence-corrected chi connectivity index (χ2v) is 12.2. The molecule has 1 saturated carbocycles. The summed E-state index contributed by atoms with van der Waals surface area (Å²) in [6, 6.07) is 14.5. The molecule has 14 heteroatoms. The highest BCUT2D eigenvalue weighted by Crippen LogP contribution is 2.29. The fraction of sp³-hybridized carbons (Fsp3) is 0.469. The predicted molar refractivity (Wildman–Crippen MR) is 174 cm³/mol. The van der Waals surface area contributed by atoms with E-state index in [0.29, 0.717) is 24.9 Å². The average molecular weight is 712 g/mol. The molecule has 1 aliphatic rings. The number of hydrogen-bond acceptors (Lipinski definition) is 5. The molecule has 0 radical (unpaired) electrons. The standard InChI is InChI=1S/C30H41BrN6O2.C2HF3O2/c31-24-11-7-10-23(19-24)25(18-20-13-15-22(16-14-20)28(34)35)29(38)37-27(21-8-3-1-4-9-21)30(39)36-17-6-2-5-12-26(32)33;3-2(4,5)1(6)7/h7,10-11,13-16,19,21,25,27H,1-6,8-9,12,17-18H2,(H3,32,33)(H3,34,35)(H,36,39)(H,37,38);(H,6,7)/t25?,27-;/m0./s1. The number of nitrogens with two attached hydrogens (primary N) is 2. The first-order valence-electron chi connectivity index (χ1n) is 15.1. The molecular weight excluding hydrogens is 669 g/mol. The number of alkyl halides is 3. The molecule has 0 aliphatic heterocycles. The van der Waals surface area contributed by atoms with Crippen molar-refractivity contribution in [1.29, 1.82) is 10.8 Å². The fourth-order valence-corrected chi connectivity index (χ4v) is 5.62. The minimum absolute atomic E-state index is 0.00280. The van der Waals surface area contributed by atoms with E-state index in [4.69, 9.17) is 32.2 Å². The molecule has 252 valence electrons. The van der Waals surface area contributed by atoms with E-state index in [0.717, 1.165) is 67.0 Å². The summed E-state index contributed by atoms with van der Waals surface area (Å²) in [6.07, 6.45) is 3.59. The molecule has 0 bridgehead atoms. The van der Waals surface area contributed by atoms with Crippen LogP contribution in [0, 0.1) is 16.7 Å². The lowest BCUT2D eigenvalue weighted by molar-refractivity contribution is -0.192. The van der Waals surface area contributed by atoms with E-state index in [9.17, 15) is 22.8 Å². The summed E-state index contributed by atoms with van der Waals surface area (Å²) in [5.41, 5.74) is 13.5. The molecule has 0 heterocycles. The first-order chi connectivity index (χ1) is 21.7. The number of nitrogen functional groups attached to an aromatic ring is 1. The van der Waals surface area contributed by atoms with Gasteiger partial charge in [-0.2, -0.15) is 13.2 Å². The number of nitrogens with one attached hydrogen (secondary N) is 4. The number of amides is 2. The first-order valence-corrected chi connectivity index (χ1v) is 15.9. The molecule has 2 aromatic rings. The number of hydrogen-bond donors (Lipinski definition) is 7. The summed E-state index contributed by atoms with van der Waals surface area (Å²) in [7, 11) is 0. The smallest absolute Gasteiger partial charge is 0.475 e. The lowest BCUT2D eigenvalue weighted by Crippen LogP contribution is -2.52. The van der Waals surface area contributed by atoms with Crippen molar-refractivity contribution in [3.8, 4) is 0 Å². The Morgan fingerprint density at radius 1 is 0.957 bits per heavy atom. The third kappa shape index (κ3) is 13.6. The normalized spacial score (nSPS) is 14.6. The molecule has 9 N–H and O–H groups in total. The van der Waals surface area contributed by atoms with Crippen LogP contribution >= 0.6 is 15.9 Å². The average Bonchev–Trinajstić information content (AvgIpc) is 3.00. The molecular formula is C32H42BrF3N6O4. The van der Waals surface area contributed by atoms with E-state index in [-0.39, 0.29) is 29.4 Å². The fourth-order valence-electron chi connectivity index (χ4n) is 5.20. The van der Waals surface area contributed by atoms with Gasteiger partial charge < -0.3 is 27.2 Å². The topological polar surface area (TPSA) is 195 Å². The van der Waals surface area contributed by atoms with Crippen molar-refractivity contribution in [1.82, 2.24) is 10.6 Å². The number of carbonyl (C=O) groups is 3. The van der Waals surface area contributed by atoms with Crippen LogP contribution < -0.4 is 22.1 Å². The number of carboxylic acids is 1. The molecule has 1 aliphatic carbocycles. The van der Waals surface area contributed by atoms with E-state index in [1.165, 1.54) is 0 Å². The number of aliphatic carboxylic acids is 1. The maximum absolute atomic E-state index is 13.9. The first kappa shape index (κ1) is 38.2. The number of unbranched alkanes of at least 4 members (excludes halogenated alkanes) is 2. The Morgan fingerprint density at radius 3 is 2.13 bits per heavy atom. The van der Waals surface area contributed by atoms with Gasteiger partial charge in [0.1, 0.15) is 11.9 Å². The zero-order valence-electron chi connectivity index (χ0n) is 25.5. The molecule has 46 heavy (non-hydrogen) atoms. The molecule has 0 spiro atoms. The Balaban J connectivity index is 0.000000942. The monoisotopic (exact) mass is 710 g/mol. The third-order valence-electron chi connectivity index (χ3n) is 7.64. The summed E-state index contributed by atoms with van der Waals surface area (Å²) in [4.78, 5) is 36.1. The van der Waals surface area contributed by atoms with Crippen LogP contribution in [-0.4, -0.2) is 53.3 Å². The molecule has 2 amide bonds. The Kier molecular flexibility index (Phi) is 15.7. The van der Waals surface area contributed by atoms with E-state index in [2.05, 4.69) is 26.6 Å². The highest BCUT2D eigenvalue weighted by molar-refractivity contribution is 9.10. The van der Waals surface area contributed by atoms with Gasteiger partial charge in [-0.3, -0.25) is 20.4 Å². The van der Waals surface area contributed by atoms with E-state index >= 15 is 0 Å². The van der Waals surface area contributed by atoms with Crippen LogP contribution in [0.25, 0.3) is 0 Å². The largest absolute Gasteiger partial charge is 0.490 e. The van der Waals surface area contributed by atoms with Crippen molar-refractivity contribution < 1.29 is 32.7 Å². The predicted octanol–water partition coefficient (Wildman–Crippen LogP) is 5.37. The number of benzene rings is 2. The number of rotatable bonds is 14. The van der Waals surface area contributed by atoms with Crippen LogP contribution in [0.5, 0.6) is 0 Å². The molecule has 0 saturated heterocycles. The minimum Gasteiger partial charge on any atom is -0.475 e. The van der Waals surface area contributed by atoms with Gasteiger partial charge in [0.25, 0.3) is 0 Å². The molecule has 1 fully saturated rings. The van der Waals surface area contributed by atoms with E-state index < -0.39 is 24.1 Å². The zero-order valence-corrected chi connectivity index (χ0v) is 27.1. The SMILES string of the molecule is N=C(N)CCCCCNC(=O)[C@@H](NC(=O)C(Cc1ccc(C(=N)N)cc1)c1cccc(Br)c1)C1CCCCC1.O=C(O)C(F)(F)F. The second-order valence-electron chi connectivity index (χ2n) is 11.2. The molecule has 0 aromatic heterocycles. The molecule has 2 aromatic carbocycles. The van der Waals surface area contributed by atoms with Crippen LogP contribution in [0.1, 0.15) is 80.4 Å². The van der Waals surface area contributed by atoms with Gasteiger partial charge in [0.05, 0.1) is 11.8 Å². The zero-order chi connectivity index (χ0) is 34.3. The molecule has 3 rings (SSSR count). The third-order valence-corrected chi connectivity index (χ3v) is 8.13. The number of amidine groups is 2. The highest BCUT2D eigenvalue weighted by atomic mass is 79.9. The van der Waals surface area contributed by atoms with Crippen molar-refractivity contribution in [2.75, 3.05) is 6.54 Å². The van der Waals surface area contributed by atoms with Gasteiger partial charge in [0.2, 0.25) is 11.8 Å². The van der Waals surface area contributed by atoms with E-state index in [1.54, 1.807) is 12.1 Å². The van der Waals surface area contributed by atoms with Gasteiger partial charge in [-0.05, 0) is 61.3 Å². The quantitative estimate of drug-likeness (QED) is 0.0782. The maximum Gasteiger partial charge on any atom is 0.490 e. The lowest BCUT2D eigenvalue weighted by Gasteiger charge is -2.31. The van der Waals surface area contributed by atoms with Crippen LogP contribution in [0.3, 0.4) is 0 Å². The van der Waals surface area contributed by atoms with Crippen LogP contribution in [0.2, 0.25) is 0 Å². The number of carboxylic acid groups (broad SMARTS) is 1. The Morgan fingerprint density at radius 2 is 1.59 bits per heavy atom. The van der Waals surface area contributed by atoms with Crippen LogP contribution in [-0.2, 0) is 20.8 Å². The molecule has 2 atom stereocenters. The van der Waals surface area contributed by atoms with E-state index in [1.807, 2.05) is 36.4 Å². The van der Waals surface area contributed by atoms with Gasteiger partial charge in [-0.1, -0.05) is 78.0 Å². The Hall–Kier alpha value is -3.94. The van der Waals surface area contributed by atoms with Crippen molar-refractivity contribution in [3.63, 3.8) is 0 Å². The van der Waals surface area contributed by atoms with Gasteiger partial charge >= 0.3 is 12.1 Å². The Bertz CT molecular complexity index is 1330. The summed E-state index contributed by atoms with van der Waals surface area (Å²) < 4.78 is 32.6. The highest BCUT2D eigenvalue weighted by Gasteiger charge is 2.38. The van der Waals surface area contributed by atoms with Gasteiger partial charge in [0, 0.05) is 23.0 Å². The summed E-state index contributed by atoms with van der Waals surface area (Å²) in [5.74, 6) is -3.24. The minimum atomic E-state index is -5.08. The molecule has 10 nitrogen and oxygen atoms in total. The Labute approximate surface area is 275 Å². The van der Waals surface area contributed by atoms with Gasteiger partial charge in [-0.25, -0.2) is 4.79 Å². The van der Waals surface area contributed by atoms with Crippen molar-refractivity contribution in [2.24, 2.45) is 17.4 Å². The lowest BCUT2D eigenvalue weighted by atomic mass is 9.82. The van der Waals surface area contributed by atoms with Crippen LogP contribution in [0.4, 0.5) is 13.2 Å². The second kappa shape index (κ2) is 18.9. The van der Waals surface area contributed by atoms with Crippen LogP contribution in [0.15, 0.2) is 53.0 Å². The van der Waals surface area contributed by atoms with Crippen molar-refractivity contribution >= 4 is 45.4 Å². The maximum atomic E-state index is 13.9. The summed E-state index contributed by atoms with van der Waals surface area (Å²) in [5, 5.41) is 28.3. The van der Waals surface area contributed by atoms with Gasteiger partial charge in [0.15, 0.2) is 0 Å². The summed E-state index contributed by atoms with van der Waals surface area (Å²) >= 11 is 3.53. The number of carbonyl (C=O) groups excluding carboxylic acids is 2. The molecule has 1 unspecified atom stereocenters. The van der Waals surface area contributed by atoms with Crippen molar-refractivity contribution in [2.45, 2.75) is 82.3 Å². The number of halogens is 4.